The average Bonchev–Trinajstić information content (AvgIpc) is 2.46. The second kappa shape index (κ2) is 6.49. The molecule has 21 heavy (non-hydrogen) atoms. The number of hydrogen-bond acceptors (Lipinski definition) is 4. The Bertz CT molecular complexity index is 709. The summed E-state index contributed by atoms with van der Waals surface area (Å²) >= 11 is 0. The number of aryl methyl sites for hydroxylation is 1. The van der Waals surface area contributed by atoms with Gasteiger partial charge in [0, 0.05) is 12.4 Å². The van der Waals surface area contributed by atoms with Crippen molar-refractivity contribution in [1.82, 2.24) is 4.98 Å². The number of rotatable bonds is 6. The maximum atomic E-state index is 12.2. The minimum Gasteiger partial charge on any atom is -0.481 e. The SMILES string of the molecule is O=C(O)Cc1ccc(S(=O)(=O)CCc2ccncc2)cc1. The van der Waals surface area contributed by atoms with Crippen molar-refractivity contribution in [3.8, 4) is 0 Å². The summed E-state index contributed by atoms with van der Waals surface area (Å²) in [4.78, 5) is 14.7. The Labute approximate surface area is 123 Å². The smallest absolute Gasteiger partial charge is 0.307 e. The normalized spacial score (nSPS) is 11.2. The summed E-state index contributed by atoms with van der Waals surface area (Å²) in [5.74, 6) is -0.932. The number of carboxylic acid groups (broad SMARTS) is 1. The number of carbonyl (C=O) groups is 1. The predicted molar refractivity (Wildman–Crippen MR) is 77.8 cm³/mol. The quantitative estimate of drug-likeness (QED) is 0.878. The highest BCUT2D eigenvalue weighted by molar-refractivity contribution is 7.91. The molecule has 1 aromatic carbocycles. The van der Waals surface area contributed by atoms with Gasteiger partial charge in [-0.05, 0) is 41.8 Å². The molecule has 0 unspecified atom stereocenters. The minimum absolute atomic E-state index is 0.00922. The lowest BCUT2D eigenvalue weighted by atomic mass is 10.2. The summed E-state index contributed by atoms with van der Waals surface area (Å²) in [6, 6.07) is 9.55. The Morgan fingerprint density at radius 2 is 1.62 bits per heavy atom. The molecule has 0 saturated carbocycles. The van der Waals surface area contributed by atoms with E-state index in [1.54, 1.807) is 24.5 Å². The molecule has 1 aromatic heterocycles. The fourth-order valence-corrected chi connectivity index (χ4v) is 3.20. The summed E-state index contributed by atoms with van der Waals surface area (Å²) in [6.45, 7) is 0. The van der Waals surface area contributed by atoms with Crippen LogP contribution in [0, 0.1) is 0 Å². The molecular weight excluding hydrogens is 290 g/mol. The molecule has 2 aromatic rings. The zero-order chi connectivity index (χ0) is 15.3. The first-order valence-electron chi connectivity index (χ1n) is 6.40. The molecule has 0 aliphatic rings. The summed E-state index contributed by atoms with van der Waals surface area (Å²) in [7, 11) is -3.37. The second-order valence-corrected chi connectivity index (χ2v) is 6.75. The van der Waals surface area contributed by atoms with Crippen LogP contribution >= 0.6 is 0 Å². The monoisotopic (exact) mass is 305 g/mol. The van der Waals surface area contributed by atoms with Crippen LogP contribution in [-0.4, -0.2) is 30.2 Å². The van der Waals surface area contributed by atoms with Crippen LogP contribution in [0.4, 0.5) is 0 Å². The van der Waals surface area contributed by atoms with Crippen LogP contribution in [0.1, 0.15) is 11.1 Å². The number of hydrogen-bond donors (Lipinski definition) is 1. The van der Waals surface area contributed by atoms with E-state index in [4.69, 9.17) is 5.11 Å². The average molecular weight is 305 g/mol. The van der Waals surface area contributed by atoms with Crippen molar-refractivity contribution in [3.05, 3.63) is 59.9 Å². The Hall–Kier alpha value is -2.21. The molecule has 0 radical (unpaired) electrons. The molecule has 110 valence electrons. The second-order valence-electron chi connectivity index (χ2n) is 4.64. The molecule has 0 spiro atoms. The topological polar surface area (TPSA) is 84.3 Å². The summed E-state index contributed by atoms with van der Waals surface area (Å²) < 4.78 is 24.4. The highest BCUT2D eigenvalue weighted by atomic mass is 32.2. The van der Waals surface area contributed by atoms with Crippen LogP contribution in [-0.2, 0) is 27.5 Å². The van der Waals surface area contributed by atoms with Crippen molar-refractivity contribution in [1.29, 1.82) is 0 Å². The van der Waals surface area contributed by atoms with Crippen LogP contribution in [0.15, 0.2) is 53.7 Å². The lowest BCUT2D eigenvalue weighted by Crippen LogP contribution is -2.09. The first kappa shape index (κ1) is 15.2. The van der Waals surface area contributed by atoms with Gasteiger partial charge in [-0.25, -0.2) is 8.42 Å². The van der Waals surface area contributed by atoms with E-state index in [1.807, 2.05) is 0 Å². The van der Waals surface area contributed by atoms with Gasteiger partial charge in [-0.3, -0.25) is 9.78 Å². The van der Waals surface area contributed by atoms with Crippen molar-refractivity contribution < 1.29 is 18.3 Å². The standard InChI is InChI=1S/C15H15NO4S/c17-15(18)11-13-1-3-14(4-2-13)21(19,20)10-7-12-5-8-16-9-6-12/h1-6,8-9H,7,10-11H2,(H,17,18). The Kier molecular flexibility index (Phi) is 4.70. The maximum Gasteiger partial charge on any atom is 0.307 e. The van der Waals surface area contributed by atoms with Gasteiger partial charge in [0.25, 0.3) is 0 Å². The molecule has 1 N–H and O–H groups in total. The molecule has 6 heteroatoms. The minimum atomic E-state index is -3.37. The van der Waals surface area contributed by atoms with E-state index >= 15 is 0 Å². The fraction of sp³-hybridized carbons (Fsp3) is 0.200. The molecule has 5 nitrogen and oxygen atoms in total. The lowest BCUT2D eigenvalue weighted by Gasteiger charge is -2.05. The lowest BCUT2D eigenvalue weighted by molar-refractivity contribution is -0.136. The van der Waals surface area contributed by atoms with E-state index < -0.39 is 15.8 Å². The van der Waals surface area contributed by atoms with Gasteiger partial charge in [-0.1, -0.05) is 12.1 Å². The molecule has 0 aliphatic heterocycles. The third kappa shape index (κ3) is 4.39. The fourth-order valence-electron chi connectivity index (χ4n) is 1.91. The van der Waals surface area contributed by atoms with E-state index in [1.165, 1.54) is 24.3 Å². The number of aromatic nitrogens is 1. The van der Waals surface area contributed by atoms with E-state index in [2.05, 4.69) is 4.98 Å². The maximum absolute atomic E-state index is 12.2. The molecule has 0 aliphatic carbocycles. The predicted octanol–water partition coefficient (Wildman–Crippen LogP) is 1.73. The van der Waals surface area contributed by atoms with Gasteiger partial charge in [-0.2, -0.15) is 0 Å². The van der Waals surface area contributed by atoms with Gasteiger partial charge in [0.1, 0.15) is 0 Å². The van der Waals surface area contributed by atoms with Gasteiger partial charge in [0.15, 0.2) is 9.84 Å². The summed E-state index contributed by atoms with van der Waals surface area (Å²) in [5.41, 5.74) is 1.49. The third-order valence-electron chi connectivity index (χ3n) is 3.05. The van der Waals surface area contributed by atoms with Crippen LogP contribution < -0.4 is 0 Å². The van der Waals surface area contributed by atoms with E-state index in [9.17, 15) is 13.2 Å². The van der Waals surface area contributed by atoms with Crippen LogP contribution in [0.25, 0.3) is 0 Å². The van der Waals surface area contributed by atoms with Gasteiger partial charge in [0.2, 0.25) is 0 Å². The number of nitrogens with zero attached hydrogens (tertiary/aromatic N) is 1. The first-order valence-corrected chi connectivity index (χ1v) is 8.05. The van der Waals surface area contributed by atoms with Crippen LogP contribution in [0.2, 0.25) is 0 Å². The van der Waals surface area contributed by atoms with Gasteiger partial charge in [0.05, 0.1) is 17.1 Å². The Morgan fingerprint density at radius 3 is 2.19 bits per heavy atom. The molecular formula is C15H15NO4S. The van der Waals surface area contributed by atoms with Crippen molar-refractivity contribution in [3.63, 3.8) is 0 Å². The molecule has 1 heterocycles. The molecule has 0 atom stereocenters. The molecule has 0 bridgehead atoms. The van der Waals surface area contributed by atoms with Crippen molar-refractivity contribution in [2.24, 2.45) is 0 Å². The Balaban J connectivity index is 2.07. The zero-order valence-electron chi connectivity index (χ0n) is 11.3. The highest BCUT2D eigenvalue weighted by Crippen LogP contribution is 2.14. The number of sulfone groups is 1. The van der Waals surface area contributed by atoms with Gasteiger partial charge >= 0.3 is 5.97 Å². The van der Waals surface area contributed by atoms with E-state index in [-0.39, 0.29) is 17.1 Å². The van der Waals surface area contributed by atoms with Gasteiger partial charge < -0.3 is 5.11 Å². The van der Waals surface area contributed by atoms with Crippen molar-refractivity contribution in [2.75, 3.05) is 5.75 Å². The molecule has 2 rings (SSSR count). The number of aliphatic carboxylic acids is 1. The molecule has 0 amide bonds. The van der Waals surface area contributed by atoms with Gasteiger partial charge in [-0.15, -0.1) is 0 Å². The van der Waals surface area contributed by atoms with Crippen molar-refractivity contribution in [2.45, 2.75) is 17.7 Å². The first-order chi connectivity index (χ1) is 9.97. The molecule has 0 saturated heterocycles. The highest BCUT2D eigenvalue weighted by Gasteiger charge is 2.14. The van der Waals surface area contributed by atoms with Crippen LogP contribution in [0.5, 0.6) is 0 Å². The zero-order valence-corrected chi connectivity index (χ0v) is 12.1. The summed E-state index contributed by atoms with van der Waals surface area (Å²) in [5, 5.41) is 8.68. The number of pyridine rings is 1. The number of benzene rings is 1. The van der Waals surface area contributed by atoms with E-state index in [0.717, 1.165) is 5.56 Å². The molecule has 0 fully saturated rings. The van der Waals surface area contributed by atoms with Crippen molar-refractivity contribution >= 4 is 15.8 Å². The third-order valence-corrected chi connectivity index (χ3v) is 4.78. The largest absolute Gasteiger partial charge is 0.481 e. The summed E-state index contributed by atoms with van der Waals surface area (Å²) in [6.07, 6.45) is 3.56. The number of carboxylic acids is 1. The van der Waals surface area contributed by atoms with E-state index in [0.29, 0.717) is 12.0 Å². The van der Waals surface area contributed by atoms with Crippen LogP contribution in [0.3, 0.4) is 0 Å². The Morgan fingerprint density at radius 1 is 1.00 bits per heavy atom.